The fourth-order valence-corrected chi connectivity index (χ4v) is 2.10. The molecule has 0 saturated carbocycles. The third kappa shape index (κ3) is 4.19. The molecule has 6 heteroatoms. The van der Waals surface area contributed by atoms with Crippen molar-refractivity contribution in [1.29, 1.82) is 0 Å². The zero-order valence-corrected chi connectivity index (χ0v) is 11.5. The molecule has 1 aromatic rings. The van der Waals surface area contributed by atoms with Crippen molar-refractivity contribution < 1.29 is 19.4 Å². The first-order valence-corrected chi connectivity index (χ1v) is 6.63. The summed E-state index contributed by atoms with van der Waals surface area (Å²) in [6, 6.07) is 6.80. The number of hydrazine groups is 1. The molecule has 110 valence electrons. The molecule has 0 unspecified atom stereocenters. The van der Waals surface area contributed by atoms with Gasteiger partial charge in [0.15, 0.2) is 0 Å². The van der Waals surface area contributed by atoms with Crippen molar-refractivity contribution in [1.82, 2.24) is 10.4 Å². The lowest BCUT2D eigenvalue weighted by Crippen LogP contribution is -2.53. The van der Waals surface area contributed by atoms with Crippen LogP contribution in [-0.4, -0.2) is 55.5 Å². The molecule has 6 nitrogen and oxygen atoms in total. The van der Waals surface area contributed by atoms with Crippen LogP contribution in [0.3, 0.4) is 0 Å². The number of carboxylic acid groups (broad SMARTS) is 1. The van der Waals surface area contributed by atoms with E-state index < -0.39 is 12.0 Å². The van der Waals surface area contributed by atoms with E-state index in [1.54, 1.807) is 7.11 Å². The van der Waals surface area contributed by atoms with E-state index in [9.17, 15) is 9.90 Å². The summed E-state index contributed by atoms with van der Waals surface area (Å²) in [4.78, 5) is 11.4. The molecule has 0 aromatic heterocycles. The van der Waals surface area contributed by atoms with Crippen LogP contribution in [-0.2, 0) is 16.0 Å². The van der Waals surface area contributed by atoms with Crippen LogP contribution in [0.2, 0.25) is 0 Å². The second-order valence-electron chi connectivity index (χ2n) is 4.67. The lowest BCUT2D eigenvalue weighted by atomic mass is 10.1. The first kappa shape index (κ1) is 14.8. The van der Waals surface area contributed by atoms with Gasteiger partial charge in [-0.3, -0.25) is 4.79 Å². The Balaban J connectivity index is 1.95. The molecule has 0 spiro atoms. The van der Waals surface area contributed by atoms with Gasteiger partial charge in [-0.1, -0.05) is 12.1 Å². The molecule has 20 heavy (non-hydrogen) atoms. The molecule has 1 aromatic carbocycles. The van der Waals surface area contributed by atoms with E-state index in [1.807, 2.05) is 29.3 Å². The molecule has 0 bridgehead atoms. The number of morpholine rings is 1. The van der Waals surface area contributed by atoms with Gasteiger partial charge in [-0.15, -0.1) is 0 Å². The molecule has 0 aliphatic carbocycles. The van der Waals surface area contributed by atoms with E-state index in [2.05, 4.69) is 5.43 Å². The van der Waals surface area contributed by atoms with E-state index in [0.29, 0.717) is 32.7 Å². The minimum absolute atomic E-state index is 0.427. The number of methoxy groups -OCH3 is 1. The SMILES string of the molecule is COc1ccc(C[C@H](NN2CCOCC2)C(=O)O)cc1. The van der Waals surface area contributed by atoms with E-state index in [4.69, 9.17) is 9.47 Å². The summed E-state index contributed by atoms with van der Waals surface area (Å²) in [5.74, 6) is -0.0888. The van der Waals surface area contributed by atoms with Gasteiger partial charge in [0.05, 0.1) is 20.3 Å². The number of nitrogens with one attached hydrogen (secondary N) is 1. The number of nitrogens with zero attached hydrogens (tertiary/aromatic N) is 1. The molecule has 2 N–H and O–H groups in total. The average Bonchev–Trinajstić information content (AvgIpc) is 2.48. The van der Waals surface area contributed by atoms with Gasteiger partial charge >= 0.3 is 5.97 Å². The number of hydrogen-bond donors (Lipinski definition) is 2. The highest BCUT2D eigenvalue weighted by atomic mass is 16.5. The summed E-state index contributed by atoms with van der Waals surface area (Å²) < 4.78 is 10.3. The van der Waals surface area contributed by atoms with Gasteiger partial charge < -0.3 is 14.6 Å². The minimum Gasteiger partial charge on any atom is -0.497 e. The molecule has 2 rings (SSSR count). The number of rotatable bonds is 6. The highest BCUT2D eigenvalue weighted by molar-refractivity contribution is 5.73. The zero-order chi connectivity index (χ0) is 14.4. The monoisotopic (exact) mass is 280 g/mol. The largest absolute Gasteiger partial charge is 0.497 e. The van der Waals surface area contributed by atoms with Crippen molar-refractivity contribution in [2.75, 3.05) is 33.4 Å². The van der Waals surface area contributed by atoms with Crippen LogP contribution in [0.4, 0.5) is 0 Å². The Morgan fingerprint density at radius 2 is 2.05 bits per heavy atom. The molecule has 1 aliphatic heterocycles. The van der Waals surface area contributed by atoms with Crippen molar-refractivity contribution in [2.45, 2.75) is 12.5 Å². The molecule has 0 radical (unpaired) electrons. The maximum Gasteiger partial charge on any atom is 0.322 e. The molecule has 1 saturated heterocycles. The number of benzene rings is 1. The standard InChI is InChI=1S/C14H20N2O4/c1-19-12-4-2-11(3-5-12)10-13(14(17)18)15-16-6-8-20-9-7-16/h2-5,13,15H,6-10H2,1H3,(H,17,18)/t13-/m0/s1. The maximum atomic E-state index is 11.4. The molecule has 1 fully saturated rings. The van der Waals surface area contributed by atoms with Crippen molar-refractivity contribution >= 4 is 5.97 Å². The average molecular weight is 280 g/mol. The van der Waals surface area contributed by atoms with Crippen molar-refractivity contribution in [3.8, 4) is 5.75 Å². The summed E-state index contributed by atoms with van der Waals surface area (Å²) in [5.41, 5.74) is 4.01. The summed E-state index contributed by atoms with van der Waals surface area (Å²) in [6.07, 6.45) is 0.427. The lowest BCUT2D eigenvalue weighted by molar-refractivity contribution is -0.141. The third-order valence-electron chi connectivity index (χ3n) is 3.25. The molecule has 1 heterocycles. The molecule has 1 aliphatic rings. The number of carboxylic acids is 1. The predicted octanol–water partition coefficient (Wildman–Crippen LogP) is 0.528. The van der Waals surface area contributed by atoms with Gasteiger partial charge in [-0.05, 0) is 24.1 Å². The highest BCUT2D eigenvalue weighted by Crippen LogP contribution is 2.13. The van der Waals surface area contributed by atoms with Gasteiger partial charge in [0, 0.05) is 13.1 Å². The maximum absolute atomic E-state index is 11.4. The molecule has 1 atom stereocenters. The summed E-state index contributed by atoms with van der Waals surface area (Å²) in [7, 11) is 1.61. The number of hydrogen-bond acceptors (Lipinski definition) is 5. The van der Waals surface area contributed by atoms with Crippen molar-refractivity contribution in [2.24, 2.45) is 0 Å². The van der Waals surface area contributed by atoms with Gasteiger partial charge in [-0.2, -0.15) is 0 Å². The van der Waals surface area contributed by atoms with Crippen LogP contribution in [0.5, 0.6) is 5.75 Å². The Hall–Kier alpha value is -1.63. The second-order valence-corrected chi connectivity index (χ2v) is 4.67. The van der Waals surface area contributed by atoms with E-state index >= 15 is 0 Å². The molecule has 0 amide bonds. The first-order chi connectivity index (χ1) is 9.69. The third-order valence-corrected chi connectivity index (χ3v) is 3.25. The number of carbonyl (C=O) groups is 1. The van der Waals surface area contributed by atoms with Crippen LogP contribution >= 0.6 is 0 Å². The van der Waals surface area contributed by atoms with Crippen LogP contribution < -0.4 is 10.2 Å². The second kappa shape index (κ2) is 7.23. The lowest BCUT2D eigenvalue weighted by Gasteiger charge is -2.30. The summed E-state index contributed by atoms with van der Waals surface area (Å²) >= 11 is 0. The minimum atomic E-state index is -0.854. The Kier molecular flexibility index (Phi) is 5.34. The predicted molar refractivity (Wildman–Crippen MR) is 73.6 cm³/mol. The van der Waals surface area contributed by atoms with Gasteiger partial charge in [-0.25, -0.2) is 10.4 Å². The fourth-order valence-electron chi connectivity index (χ4n) is 2.10. The number of aliphatic carboxylic acids is 1. The van der Waals surface area contributed by atoms with Gasteiger partial charge in [0.1, 0.15) is 11.8 Å². The van der Waals surface area contributed by atoms with Crippen LogP contribution in [0.1, 0.15) is 5.56 Å². The summed E-state index contributed by atoms with van der Waals surface area (Å²) in [6.45, 7) is 2.66. The Morgan fingerprint density at radius 3 is 2.60 bits per heavy atom. The normalized spacial score (nSPS) is 17.6. The van der Waals surface area contributed by atoms with Gasteiger partial charge in [0.2, 0.25) is 0 Å². The Labute approximate surface area is 118 Å². The summed E-state index contributed by atoms with van der Waals surface area (Å²) in [5, 5.41) is 11.2. The zero-order valence-electron chi connectivity index (χ0n) is 11.5. The highest BCUT2D eigenvalue weighted by Gasteiger charge is 2.22. The van der Waals surface area contributed by atoms with Crippen molar-refractivity contribution in [3.63, 3.8) is 0 Å². The fraction of sp³-hybridized carbons (Fsp3) is 0.500. The van der Waals surface area contributed by atoms with E-state index in [0.717, 1.165) is 11.3 Å². The van der Waals surface area contributed by atoms with Crippen molar-refractivity contribution in [3.05, 3.63) is 29.8 Å². The van der Waals surface area contributed by atoms with Gasteiger partial charge in [0.25, 0.3) is 0 Å². The van der Waals surface area contributed by atoms with Crippen LogP contribution in [0, 0.1) is 0 Å². The van der Waals surface area contributed by atoms with E-state index in [-0.39, 0.29) is 0 Å². The smallest absolute Gasteiger partial charge is 0.322 e. The van der Waals surface area contributed by atoms with Crippen LogP contribution in [0.15, 0.2) is 24.3 Å². The molecular formula is C14H20N2O4. The number of ether oxygens (including phenoxy) is 2. The first-order valence-electron chi connectivity index (χ1n) is 6.63. The van der Waals surface area contributed by atoms with Crippen LogP contribution in [0.25, 0.3) is 0 Å². The Morgan fingerprint density at radius 1 is 1.40 bits per heavy atom. The topological polar surface area (TPSA) is 71.0 Å². The Bertz CT molecular complexity index is 429. The van der Waals surface area contributed by atoms with E-state index in [1.165, 1.54) is 0 Å². The quantitative estimate of drug-likeness (QED) is 0.792. The molecular weight excluding hydrogens is 260 g/mol.